The highest BCUT2D eigenvalue weighted by molar-refractivity contribution is 7.05. The van der Waals surface area contributed by atoms with Crippen molar-refractivity contribution in [1.29, 1.82) is 0 Å². The molecule has 4 heteroatoms. The third-order valence-electron chi connectivity index (χ3n) is 3.64. The van der Waals surface area contributed by atoms with E-state index >= 15 is 0 Å². The minimum Gasteiger partial charge on any atom is -0.319 e. The summed E-state index contributed by atoms with van der Waals surface area (Å²) >= 11 is 1.40. The van der Waals surface area contributed by atoms with Gasteiger partial charge in [0.1, 0.15) is 0 Å². The second kappa shape index (κ2) is 5.20. The molecule has 3 rings (SSSR count). The Morgan fingerprint density at radius 1 is 1.05 bits per heavy atom. The van der Waals surface area contributed by atoms with Gasteiger partial charge in [0, 0.05) is 5.41 Å². The molecular formula is C17H19N3S. The number of nitrogens with two attached hydrogens (primary N) is 1. The molecule has 0 saturated heterocycles. The molecule has 0 bridgehead atoms. The van der Waals surface area contributed by atoms with Gasteiger partial charge in [0.05, 0.1) is 16.6 Å². The van der Waals surface area contributed by atoms with Gasteiger partial charge in [0.25, 0.3) is 0 Å². The third kappa shape index (κ3) is 2.69. The van der Waals surface area contributed by atoms with Crippen molar-refractivity contribution >= 4 is 22.3 Å². The van der Waals surface area contributed by atoms with Crippen molar-refractivity contribution < 1.29 is 0 Å². The zero-order chi connectivity index (χ0) is 15.0. The van der Waals surface area contributed by atoms with E-state index in [2.05, 4.69) is 60.7 Å². The fourth-order valence-corrected chi connectivity index (χ4v) is 3.37. The summed E-state index contributed by atoms with van der Waals surface area (Å²) in [5.41, 5.74) is 8.53. The average molecular weight is 297 g/mol. The van der Waals surface area contributed by atoms with Crippen molar-refractivity contribution in [2.75, 3.05) is 0 Å². The van der Waals surface area contributed by atoms with Gasteiger partial charge in [-0.25, -0.2) is 0 Å². The van der Waals surface area contributed by atoms with Crippen LogP contribution in [0.3, 0.4) is 0 Å². The van der Waals surface area contributed by atoms with Crippen molar-refractivity contribution in [3.8, 4) is 0 Å². The lowest BCUT2D eigenvalue weighted by Crippen LogP contribution is -2.19. The zero-order valence-electron chi connectivity index (χ0n) is 12.5. The molecule has 1 atom stereocenters. The lowest BCUT2D eigenvalue weighted by molar-refractivity contribution is 0.556. The van der Waals surface area contributed by atoms with Gasteiger partial charge in [-0.3, -0.25) is 0 Å². The van der Waals surface area contributed by atoms with Crippen molar-refractivity contribution in [2.24, 2.45) is 5.73 Å². The van der Waals surface area contributed by atoms with Gasteiger partial charge >= 0.3 is 0 Å². The molecule has 0 saturated carbocycles. The Kier molecular flexibility index (Phi) is 3.51. The van der Waals surface area contributed by atoms with E-state index < -0.39 is 0 Å². The summed E-state index contributed by atoms with van der Waals surface area (Å²) in [5.74, 6) is 0. The molecule has 3 nitrogen and oxygen atoms in total. The summed E-state index contributed by atoms with van der Waals surface area (Å²) in [7, 11) is 0. The first-order valence-electron chi connectivity index (χ1n) is 7.04. The number of rotatable bonds is 2. The normalized spacial score (nSPS) is 13.5. The molecule has 0 amide bonds. The maximum Gasteiger partial charge on any atom is 0.0860 e. The van der Waals surface area contributed by atoms with Gasteiger partial charge in [0.2, 0.25) is 0 Å². The monoisotopic (exact) mass is 297 g/mol. The number of aromatic nitrogens is 2. The van der Waals surface area contributed by atoms with Gasteiger partial charge in [0.15, 0.2) is 0 Å². The second-order valence-electron chi connectivity index (χ2n) is 6.32. The highest BCUT2D eigenvalue weighted by Crippen LogP contribution is 2.33. The van der Waals surface area contributed by atoms with Gasteiger partial charge in [-0.15, -0.1) is 5.10 Å². The molecule has 1 heterocycles. The first-order valence-corrected chi connectivity index (χ1v) is 7.81. The Morgan fingerprint density at radius 3 is 2.48 bits per heavy atom. The molecule has 2 N–H and O–H groups in total. The quantitative estimate of drug-likeness (QED) is 0.776. The van der Waals surface area contributed by atoms with Crippen LogP contribution in [0.25, 0.3) is 10.8 Å². The zero-order valence-corrected chi connectivity index (χ0v) is 13.3. The van der Waals surface area contributed by atoms with Gasteiger partial charge in [-0.05, 0) is 33.9 Å². The molecular weight excluding hydrogens is 278 g/mol. The Labute approximate surface area is 129 Å². The number of fused-ring (bicyclic) bond motifs is 1. The summed E-state index contributed by atoms with van der Waals surface area (Å²) in [6, 6.07) is 14.5. The topological polar surface area (TPSA) is 51.8 Å². The van der Waals surface area contributed by atoms with Gasteiger partial charge < -0.3 is 5.73 Å². The number of benzene rings is 2. The molecule has 0 fully saturated rings. The van der Waals surface area contributed by atoms with E-state index in [4.69, 9.17) is 5.73 Å². The molecule has 3 aromatic rings. The fraction of sp³-hybridized carbons (Fsp3) is 0.294. The highest BCUT2D eigenvalue weighted by Gasteiger charge is 2.26. The molecule has 0 aliphatic carbocycles. The largest absolute Gasteiger partial charge is 0.319 e. The molecule has 1 aromatic heterocycles. The van der Waals surface area contributed by atoms with Crippen LogP contribution in [-0.2, 0) is 5.41 Å². The van der Waals surface area contributed by atoms with Crippen LogP contribution >= 0.6 is 11.5 Å². The molecule has 1 unspecified atom stereocenters. The van der Waals surface area contributed by atoms with Crippen LogP contribution < -0.4 is 5.73 Å². The maximum atomic E-state index is 6.48. The smallest absolute Gasteiger partial charge is 0.0860 e. The van der Waals surface area contributed by atoms with Crippen molar-refractivity contribution in [2.45, 2.75) is 32.2 Å². The number of hydrogen-bond acceptors (Lipinski definition) is 4. The molecule has 0 spiro atoms. The van der Waals surface area contributed by atoms with Crippen LogP contribution in [0.4, 0.5) is 0 Å². The summed E-state index contributed by atoms with van der Waals surface area (Å²) in [5, 5.41) is 6.72. The maximum absolute atomic E-state index is 6.48. The van der Waals surface area contributed by atoms with Crippen LogP contribution in [0.2, 0.25) is 0 Å². The van der Waals surface area contributed by atoms with Crippen LogP contribution in [0, 0.1) is 0 Å². The summed E-state index contributed by atoms with van der Waals surface area (Å²) in [6.07, 6.45) is 0. The Morgan fingerprint density at radius 2 is 1.76 bits per heavy atom. The molecule has 21 heavy (non-hydrogen) atoms. The molecule has 2 aromatic carbocycles. The number of nitrogens with zero attached hydrogens (tertiary/aromatic N) is 2. The van der Waals surface area contributed by atoms with Crippen molar-refractivity contribution in [1.82, 2.24) is 9.59 Å². The van der Waals surface area contributed by atoms with E-state index in [1.54, 1.807) is 0 Å². The van der Waals surface area contributed by atoms with Crippen LogP contribution in [-0.4, -0.2) is 9.59 Å². The minimum atomic E-state index is -0.177. The van der Waals surface area contributed by atoms with E-state index in [0.717, 1.165) is 16.1 Å². The van der Waals surface area contributed by atoms with E-state index in [-0.39, 0.29) is 11.5 Å². The summed E-state index contributed by atoms with van der Waals surface area (Å²) in [6.45, 7) is 6.42. The second-order valence-corrected chi connectivity index (χ2v) is 7.11. The van der Waals surface area contributed by atoms with Crippen LogP contribution in [0.1, 0.15) is 42.9 Å². The lowest BCUT2D eigenvalue weighted by atomic mass is 9.89. The highest BCUT2D eigenvalue weighted by atomic mass is 32.1. The number of hydrogen-bond donors (Lipinski definition) is 1. The van der Waals surface area contributed by atoms with Gasteiger partial charge in [-0.2, -0.15) is 0 Å². The standard InChI is InChI=1S/C17H19N3S/c1-17(2,3)16-15(21-20-19-16)14(18)13-9-8-11-6-4-5-7-12(11)10-13/h4-10,14H,18H2,1-3H3. The minimum absolute atomic E-state index is 0.0448. The predicted octanol–water partition coefficient (Wildman–Crippen LogP) is 4.04. The Hall–Kier alpha value is -1.78. The lowest BCUT2D eigenvalue weighted by Gasteiger charge is -2.19. The van der Waals surface area contributed by atoms with Crippen LogP contribution in [0.15, 0.2) is 42.5 Å². The average Bonchev–Trinajstić information content (AvgIpc) is 2.95. The van der Waals surface area contributed by atoms with Crippen molar-refractivity contribution in [3.05, 3.63) is 58.6 Å². The van der Waals surface area contributed by atoms with E-state index in [9.17, 15) is 0 Å². The molecule has 0 radical (unpaired) electrons. The predicted molar refractivity (Wildman–Crippen MR) is 88.6 cm³/mol. The molecule has 108 valence electrons. The third-order valence-corrected chi connectivity index (χ3v) is 4.45. The Bertz CT molecular complexity index is 771. The SMILES string of the molecule is CC(C)(C)c1nnsc1C(N)c1ccc2ccccc2c1. The fourth-order valence-electron chi connectivity index (χ4n) is 2.47. The van der Waals surface area contributed by atoms with Crippen molar-refractivity contribution in [3.63, 3.8) is 0 Å². The van der Waals surface area contributed by atoms with E-state index in [0.29, 0.717) is 0 Å². The van der Waals surface area contributed by atoms with Gasteiger partial charge in [-0.1, -0.05) is 61.7 Å². The van der Waals surface area contributed by atoms with E-state index in [1.165, 1.54) is 22.3 Å². The molecule has 0 aliphatic rings. The summed E-state index contributed by atoms with van der Waals surface area (Å²) < 4.78 is 4.11. The van der Waals surface area contributed by atoms with E-state index in [1.807, 2.05) is 12.1 Å². The van der Waals surface area contributed by atoms with Crippen LogP contribution in [0.5, 0.6) is 0 Å². The molecule has 0 aliphatic heterocycles. The summed E-state index contributed by atoms with van der Waals surface area (Å²) in [4.78, 5) is 1.05. The first-order chi connectivity index (χ1) is 9.97. The first kappa shape index (κ1) is 14.2. The Balaban J connectivity index is 2.04.